The normalized spacial score (nSPS) is 11.0. The third kappa shape index (κ3) is 7.37. The lowest BCUT2D eigenvalue weighted by Gasteiger charge is -2.14. The van der Waals surface area contributed by atoms with Gasteiger partial charge >= 0.3 is 0 Å². The van der Waals surface area contributed by atoms with Gasteiger partial charge in [0, 0.05) is 6.42 Å². The van der Waals surface area contributed by atoms with E-state index in [0.29, 0.717) is 24.0 Å². The second-order valence-corrected chi connectivity index (χ2v) is 8.27. The Kier molecular flexibility index (Phi) is 9.09. The van der Waals surface area contributed by atoms with Crippen molar-refractivity contribution in [3.63, 3.8) is 0 Å². The largest absolute Gasteiger partial charge is 0.493 e. The number of ether oxygens (including phenoxy) is 3. The minimum Gasteiger partial charge on any atom is -0.493 e. The molecule has 0 heterocycles. The number of methoxy groups -OCH3 is 1. The molecular formula is C28H32N2O4. The highest BCUT2D eigenvalue weighted by Gasteiger charge is 2.10. The van der Waals surface area contributed by atoms with Crippen molar-refractivity contribution in [2.45, 2.75) is 33.1 Å². The van der Waals surface area contributed by atoms with Crippen LogP contribution < -0.4 is 19.6 Å². The molecule has 0 aliphatic rings. The van der Waals surface area contributed by atoms with Crippen LogP contribution in [0.1, 0.15) is 42.0 Å². The van der Waals surface area contributed by atoms with E-state index in [1.54, 1.807) is 13.3 Å². The number of aryl methyl sites for hydroxylation is 1. The van der Waals surface area contributed by atoms with E-state index in [2.05, 4.69) is 36.5 Å². The SMILES string of the molecule is COc1cc(/C=N/NC(=O)COc2cc(C)ccc2C(C)C)ccc1OCCc1ccccc1. The zero-order valence-corrected chi connectivity index (χ0v) is 20.2. The average molecular weight is 461 g/mol. The smallest absolute Gasteiger partial charge is 0.277 e. The van der Waals surface area contributed by atoms with Crippen LogP contribution in [-0.4, -0.2) is 32.4 Å². The van der Waals surface area contributed by atoms with Gasteiger partial charge in [0.25, 0.3) is 5.91 Å². The molecule has 0 aliphatic carbocycles. The standard InChI is InChI=1S/C28H32N2O4/c1-20(2)24-12-10-21(3)16-26(24)34-19-28(31)30-29-18-23-11-13-25(27(17-23)32-4)33-15-14-22-8-6-5-7-9-22/h5-13,16-18,20H,14-15,19H2,1-4H3,(H,30,31)/b29-18+. The topological polar surface area (TPSA) is 69.2 Å². The van der Waals surface area contributed by atoms with Crippen molar-refractivity contribution in [2.75, 3.05) is 20.3 Å². The zero-order chi connectivity index (χ0) is 24.3. The van der Waals surface area contributed by atoms with E-state index >= 15 is 0 Å². The summed E-state index contributed by atoms with van der Waals surface area (Å²) in [6, 6.07) is 21.7. The fraction of sp³-hybridized carbons (Fsp3) is 0.286. The van der Waals surface area contributed by atoms with Crippen molar-refractivity contribution >= 4 is 12.1 Å². The molecule has 0 bridgehead atoms. The van der Waals surface area contributed by atoms with Gasteiger partial charge in [0.1, 0.15) is 5.75 Å². The number of rotatable bonds is 11. The van der Waals surface area contributed by atoms with E-state index in [1.165, 1.54) is 5.56 Å². The molecule has 6 heteroatoms. The average Bonchev–Trinajstić information content (AvgIpc) is 2.84. The third-order valence-corrected chi connectivity index (χ3v) is 5.23. The van der Waals surface area contributed by atoms with E-state index in [1.807, 2.05) is 61.5 Å². The number of benzene rings is 3. The maximum atomic E-state index is 12.2. The van der Waals surface area contributed by atoms with Crippen LogP contribution in [0.3, 0.4) is 0 Å². The number of carbonyl (C=O) groups excluding carboxylic acids is 1. The van der Waals surface area contributed by atoms with Gasteiger partial charge < -0.3 is 14.2 Å². The highest BCUT2D eigenvalue weighted by molar-refractivity contribution is 5.83. The fourth-order valence-electron chi connectivity index (χ4n) is 3.41. The quantitative estimate of drug-likeness (QED) is 0.312. The highest BCUT2D eigenvalue weighted by Crippen LogP contribution is 2.28. The first-order valence-electron chi connectivity index (χ1n) is 11.4. The summed E-state index contributed by atoms with van der Waals surface area (Å²) in [4.78, 5) is 12.2. The van der Waals surface area contributed by atoms with Gasteiger partial charge in [-0.25, -0.2) is 5.43 Å². The van der Waals surface area contributed by atoms with E-state index in [9.17, 15) is 4.79 Å². The monoisotopic (exact) mass is 460 g/mol. The van der Waals surface area contributed by atoms with Crippen LogP contribution >= 0.6 is 0 Å². The Labute approximate surface area is 201 Å². The molecule has 0 spiro atoms. The van der Waals surface area contributed by atoms with Crippen molar-refractivity contribution in [1.29, 1.82) is 0 Å². The van der Waals surface area contributed by atoms with Gasteiger partial charge in [-0.2, -0.15) is 5.10 Å². The molecule has 34 heavy (non-hydrogen) atoms. The Balaban J connectivity index is 1.51. The second-order valence-electron chi connectivity index (χ2n) is 8.27. The lowest BCUT2D eigenvalue weighted by atomic mass is 10.0. The van der Waals surface area contributed by atoms with Gasteiger partial charge in [-0.1, -0.05) is 56.3 Å². The maximum absolute atomic E-state index is 12.2. The Morgan fingerprint density at radius 1 is 0.971 bits per heavy atom. The van der Waals surface area contributed by atoms with Crippen LogP contribution in [0.2, 0.25) is 0 Å². The lowest BCUT2D eigenvalue weighted by Crippen LogP contribution is -2.25. The van der Waals surface area contributed by atoms with Crippen molar-refractivity contribution in [3.8, 4) is 17.2 Å². The van der Waals surface area contributed by atoms with Gasteiger partial charge in [0.05, 0.1) is 19.9 Å². The molecule has 0 unspecified atom stereocenters. The van der Waals surface area contributed by atoms with E-state index < -0.39 is 0 Å². The number of amides is 1. The van der Waals surface area contributed by atoms with Crippen LogP contribution in [0.5, 0.6) is 17.2 Å². The summed E-state index contributed by atoms with van der Waals surface area (Å²) >= 11 is 0. The summed E-state index contributed by atoms with van der Waals surface area (Å²) in [5.41, 5.74) is 6.64. The molecule has 0 aliphatic heterocycles. The summed E-state index contributed by atoms with van der Waals surface area (Å²) in [6.07, 6.45) is 2.36. The van der Waals surface area contributed by atoms with Crippen LogP contribution in [0.25, 0.3) is 0 Å². The van der Waals surface area contributed by atoms with Gasteiger partial charge in [-0.15, -0.1) is 0 Å². The Hall–Kier alpha value is -3.80. The third-order valence-electron chi connectivity index (χ3n) is 5.23. The predicted molar refractivity (Wildman–Crippen MR) is 135 cm³/mol. The Morgan fingerprint density at radius 3 is 2.50 bits per heavy atom. The first-order valence-corrected chi connectivity index (χ1v) is 11.4. The van der Waals surface area contributed by atoms with Gasteiger partial charge in [-0.05, 0) is 59.4 Å². The number of nitrogens with zero attached hydrogens (tertiary/aromatic N) is 1. The summed E-state index contributed by atoms with van der Waals surface area (Å²) in [5.74, 6) is 1.96. The summed E-state index contributed by atoms with van der Waals surface area (Å²) in [7, 11) is 1.59. The van der Waals surface area contributed by atoms with E-state index in [-0.39, 0.29) is 12.5 Å². The molecule has 178 valence electrons. The zero-order valence-electron chi connectivity index (χ0n) is 20.2. The second kappa shape index (κ2) is 12.4. The molecule has 3 aromatic carbocycles. The highest BCUT2D eigenvalue weighted by atomic mass is 16.5. The molecule has 3 aromatic rings. The molecule has 0 saturated carbocycles. The number of hydrogen-bond acceptors (Lipinski definition) is 5. The first kappa shape index (κ1) is 24.8. The summed E-state index contributed by atoms with van der Waals surface area (Å²) in [5, 5.41) is 4.03. The molecule has 0 fully saturated rings. The van der Waals surface area contributed by atoms with Gasteiger partial charge in [-0.3, -0.25) is 4.79 Å². The molecule has 3 rings (SSSR count). The molecule has 0 radical (unpaired) electrons. The Bertz CT molecular complexity index is 1110. The number of carbonyl (C=O) groups is 1. The number of hydrazone groups is 1. The lowest BCUT2D eigenvalue weighted by molar-refractivity contribution is -0.123. The first-order chi connectivity index (χ1) is 16.5. The minimum atomic E-state index is -0.333. The molecule has 6 nitrogen and oxygen atoms in total. The maximum Gasteiger partial charge on any atom is 0.277 e. The molecule has 0 saturated heterocycles. The summed E-state index contributed by atoms with van der Waals surface area (Å²) in [6.45, 7) is 6.61. The van der Waals surface area contributed by atoms with E-state index in [4.69, 9.17) is 14.2 Å². The molecule has 1 amide bonds. The minimum absolute atomic E-state index is 0.113. The molecule has 1 N–H and O–H groups in total. The van der Waals surface area contributed by atoms with Gasteiger partial charge in [0.15, 0.2) is 18.1 Å². The van der Waals surface area contributed by atoms with Gasteiger partial charge in [0.2, 0.25) is 0 Å². The summed E-state index contributed by atoms with van der Waals surface area (Å²) < 4.78 is 17.1. The molecule has 0 aromatic heterocycles. The number of hydrogen-bond donors (Lipinski definition) is 1. The fourth-order valence-corrected chi connectivity index (χ4v) is 3.41. The van der Waals surface area contributed by atoms with Crippen LogP contribution in [0, 0.1) is 6.92 Å². The van der Waals surface area contributed by atoms with Crippen LogP contribution in [-0.2, 0) is 11.2 Å². The number of nitrogens with one attached hydrogen (secondary N) is 1. The molecular weight excluding hydrogens is 428 g/mol. The van der Waals surface area contributed by atoms with Crippen LogP contribution in [0.15, 0.2) is 71.8 Å². The van der Waals surface area contributed by atoms with E-state index in [0.717, 1.165) is 28.9 Å². The van der Waals surface area contributed by atoms with Crippen LogP contribution in [0.4, 0.5) is 0 Å². The Morgan fingerprint density at radius 2 is 1.76 bits per heavy atom. The van der Waals surface area contributed by atoms with Crippen molar-refractivity contribution in [2.24, 2.45) is 5.10 Å². The van der Waals surface area contributed by atoms with Crippen molar-refractivity contribution in [3.05, 3.63) is 89.0 Å². The van der Waals surface area contributed by atoms with Crippen molar-refractivity contribution < 1.29 is 19.0 Å². The predicted octanol–water partition coefficient (Wildman–Crippen LogP) is 5.28. The van der Waals surface area contributed by atoms with Crippen molar-refractivity contribution in [1.82, 2.24) is 5.43 Å². The molecule has 0 atom stereocenters.